The first-order valence-electron chi connectivity index (χ1n) is 9.49. The average Bonchev–Trinajstić information content (AvgIpc) is 2.49. The lowest BCUT2D eigenvalue weighted by atomic mass is 9.78. The van der Waals surface area contributed by atoms with Gasteiger partial charge in [0.1, 0.15) is 0 Å². The molecule has 0 nitrogen and oxygen atoms in total. The number of benzene rings is 2. The highest BCUT2D eigenvalue weighted by atomic mass is 14.3. The zero-order valence-electron chi connectivity index (χ0n) is 18.2. The van der Waals surface area contributed by atoms with Crippen LogP contribution in [0.25, 0.3) is 11.1 Å². The monoisotopic (exact) mass is 271 g/mol. The zero-order chi connectivity index (χ0) is 19.3. The summed E-state index contributed by atoms with van der Waals surface area (Å²) in [6, 6.07) is 4.83. The summed E-state index contributed by atoms with van der Waals surface area (Å²) in [6.07, 6.45) is 0. The quantitative estimate of drug-likeness (QED) is 0.601. The maximum Gasteiger partial charge on any atom is 0.0629 e. The van der Waals surface area contributed by atoms with Gasteiger partial charge in [-0.2, -0.15) is 0 Å². The van der Waals surface area contributed by atoms with Crippen molar-refractivity contribution in [2.45, 2.75) is 52.4 Å². The Balaban J connectivity index is 2.96. The van der Waals surface area contributed by atoms with Crippen LogP contribution in [0.3, 0.4) is 0 Å². The molecule has 0 aromatic heterocycles. The summed E-state index contributed by atoms with van der Waals surface area (Å²) in [5.74, 6) is 0. The van der Waals surface area contributed by atoms with E-state index in [1.54, 1.807) is 0 Å². The fourth-order valence-corrected chi connectivity index (χ4v) is 2.26. The second kappa shape index (κ2) is 5.09. The van der Waals surface area contributed by atoms with E-state index in [2.05, 4.69) is 47.6 Å². The van der Waals surface area contributed by atoms with Crippen molar-refractivity contribution in [3.05, 3.63) is 59.5 Å². The van der Waals surface area contributed by atoms with E-state index in [1.807, 2.05) is 12.1 Å². The largest absolute Gasteiger partial charge is 0.0629 e. The van der Waals surface area contributed by atoms with Gasteiger partial charge >= 0.3 is 0 Å². The summed E-state index contributed by atoms with van der Waals surface area (Å²) >= 11 is 0. The summed E-state index contributed by atoms with van der Waals surface area (Å²) in [5, 5.41) is 0. The highest BCUT2D eigenvalue weighted by Gasteiger charge is 2.21. The maximum atomic E-state index is 8.33. The Morgan fingerprint density at radius 3 is 1.90 bits per heavy atom. The normalized spacial score (nSPS) is 16.0. The van der Waals surface area contributed by atoms with E-state index in [1.165, 1.54) is 0 Å². The van der Waals surface area contributed by atoms with Gasteiger partial charge in [-0.1, -0.05) is 90.0 Å². The molecule has 20 heavy (non-hydrogen) atoms. The van der Waals surface area contributed by atoms with Crippen LogP contribution in [0.5, 0.6) is 0 Å². The van der Waals surface area contributed by atoms with Crippen molar-refractivity contribution in [1.29, 1.82) is 0 Å². The third kappa shape index (κ3) is 3.12. The smallest absolute Gasteiger partial charge is 0.0622 e. The Bertz CT molecular complexity index is 794. The Hall–Kier alpha value is -1.56. The topological polar surface area (TPSA) is 0 Å². The van der Waals surface area contributed by atoms with Crippen LogP contribution in [0.15, 0.2) is 48.4 Å². The van der Waals surface area contributed by atoms with E-state index in [-0.39, 0.29) is 46.6 Å². The minimum absolute atomic E-state index is 0.0987. The van der Waals surface area contributed by atoms with Crippen LogP contribution in [0.4, 0.5) is 0 Å². The second-order valence-electron chi connectivity index (χ2n) is 7.26. The number of hydrogen-bond acceptors (Lipinski definition) is 0. The molecule has 0 heteroatoms. The Morgan fingerprint density at radius 2 is 1.40 bits per heavy atom. The summed E-state index contributed by atoms with van der Waals surface area (Å²) in [6.45, 7) is 12.5. The molecule has 0 N–H and O–H groups in total. The van der Waals surface area contributed by atoms with E-state index in [4.69, 9.17) is 6.85 Å². The lowest BCUT2D eigenvalue weighted by Crippen LogP contribution is -2.16. The van der Waals surface area contributed by atoms with E-state index in [9.17, 15) is 0 Å². The first kappa shape index (κ1) is 9.39. The summed E-state index contributed by atoms with van der Waals surface area (Å²) in [4.78, 5) is 0. The molecule has 0 heterocycles. The van der Waals surface area contributed by atoms with Gasteiger partial charge in [0.15, 0.2) is 0 Å². The molecule has 0 aliphatic carbocycles. The predicted octanol–water partition coefficient (Wildman–Crippen LogP) is 5.95. The summed E-state index contributed by atoms with van der Waals surface area (Å²) < 4.78 is 40.4. The van der Waals surface area contributed by atoms with Crippen molar-refractivity contribution < 1.29 is 6.85 Å². The molecule has 106 valence electrons. The van der Waals surface area contributed by atoms with Crippen LogP contribution < -0.4 is 0 Å². The molecule has 0 radical (unpaired) electrons. The van der Waals surface area contributed by atoms with Crippen LogP contribution in [0.1, 0.15) is 59.5 Å². The minimum Gasteiger partial charge on any atom is -0.0622 e. The van der Waals surface area contributed by atoms with Crippen LogP contribution in [0.2, 0.25) is 0 Å². The number of hydrogen-bond donors (Lipinski definition) is 0. The molecule has 0 aliphatic heterocycles. The molecular weight excluding hydrogens is 240 g/mol. The fraction of sp³-hybridized carbons (Fsp3) is 0.400. The van der Waals surface area contributed by atoms with Crippen molar-refractivity contribution in [2.75, 3.05) is 0 Å². The zero-order valence-corrected chi connectivity index (χ0v) is 13.2. The van der Waals surface area contributed by atoms with Gasteiger partial charge in [-0.3, -0.25) is 0 Å². The molecule has 0 aliphatic rings. The lowest BCUT2D eigenvalue weighted by Gasteiger charge is -2.27. The highest BCUT2D eigenvalue weighted by molar-refractivity contribution is 5.70. The van der Waals surface area contributed by atoms with Crippen LogP contribution in [-0.4, -0.2) is 0 Å². The first-order valence-corrected chi connectivity index (χ1v) is 6.99. The van der Waals surface area contributed by atoms with Gasteiger partial charge in [0.2, 0.25) is 0 Å². The molecule has 2 aromatic rings. The van der Waals surface area contributed by atoms with E-state index in [0.29, 0.717) is 0 Å². The van der Waals surface area contributed by atoms with Crippen molar-refractivity contribution in [3.8, 4) is 11.1 Å². The van der Waals surface area contributed by atoms with Gasteiger partial charge in [0.25, 0.3) is 0 Å². The first-order chi connectivity index (χ1) is 11.3. The van der Waals surface area contributed by atoms with Crippen LogP contribution in [0, 0.1) is 0 Å². The van der Waals surface area contributed by atoms with E-state index < -0.39 is 0 Å². The molecular formula is C20H26. The lowest BCUT2D eigenvalue weighted by molar-refractivity contribution is 0.578. The third-order valence-corrected chi connectivity index (χ3v) is 3.46. The van der Waals surface area contributed by atoms with Crippen molar-refractivity contribution >= 4 is 0 Å². The molecule has 0 unspecified atom stereocenters. The maximum absolute atomic E-state index is 8.33. The summed E-state index contributed by atoms with van der Waals surface area (Å²) in [5.41, 5.74) is 2.73. The van der Waals surface area contributed by atoms with Gasteiger partial charge < -0.3 is 0 Å². The van der Waals surface area contributed by atoms with Gasteiger partial charge in [0, 0.05) is 0 Å². The third-order valence-electron chi connectivity index (χ3n) is 3.46. The summed E-state index contributed by atoms with van der Waals surface area (Å²) in [7, 11) is 0. The van der Waals surface area contributed by atoms with Crippen molar-refractivity contribution in [3.63, 3.8) is 0 Å². The molecule has 0 saturated heterocycles. The van der Waals surface area contributed by atoms with Gasteiger partial charge in [-0.15, -0.1) is 0 Å². The predicted molar refractivity (Wildman–Crippen MR) is 89.3 cm³/mol. The van der Waals surface area contributed by atoms with Crippen LogP contribution >= 0.6 is 0 Å². The molecule has 2 aromatic carbocycles. The van der Waals surface area contributed by atoms with E-state index in [0.717, 1.165) is 16.7 Å². The Morgan fingerprint density at radius 1 is 0.800 bits per heavy atom. The molecule has 0 saturated carbocycles. The van der Waals surface area contributed by atoms with Crippen LogP contribution in [-0.2, 0) is 10.8 Å². The molecule has 0 fully saturated rings. The standard InChI is InChI=1S/C20H26/c1-19(2,3)16-12-13-18(20(4,5)6)17(14-16)15-10-8-7-9-11-15/h7-14H,1-6H3/i7D,8D,9D,10D,11D. The molecule has 0 atom stereocenters. The van der Waals surface area contributed by atoms with Crippen molar-refractivity contribution in [1.82, 2.24) is 0 Å². The van der Waals surface area contributed by atoms with Gasteiger partial charge in [-0.05, 0) is 33.1 Å². The van der Waals surface area contributed by atoms with Gasteiger partial charge in [0.05, 0.1) is 6.85 Å². The Labute approximate surface area is 130 Å². The second-order valence-corrected chi connectivity index (χ2v) is 7.26. The highest BCUT2D eigenvalue weighted by Crippen LogP contribution is 2.36. The molecule has 0 amide bonds. The average molecular weight is 271 g/mol. The fourth-order valence-electron chi connectivity index (χ4n) is 2.26. The molecule has 0 bridgehead atoms. The van der Waals surface area contributed by atoms with Crippen molar-refractivity contribution in [2.24, 2.45) is 0 Å². The van der Waals surface area contributed by atoms with E-state index >= 15 is 0 Å². The minimum atomic E-state index is -0.358. The van der Waals surface area contributed by atoms with Gasteiger partial charge in [-0.25, -0.2) is 0 Å². The molecule has 0 spiro atoms. The SMILES string of the molecule is [2H]c1c([2H])c([2H])c(-c2cc(C(C)(C)C)ccc2C(C)(C)C)c([2H])c1[2H]. The molecule has 2 rings (SSSR count). The number of rotatable bonds is 1. The Kier molecular flexibility index (Phi) is 2.39.